The lowest BCUT2D eigenvalue weighted by Crippen LogP contribution is -2.30. The van der Waals surface area contributed by atoms with Crippen molar-refractivity contribution in [2.45, 2.75) is 39.0 Å². The third-order valence-corrected chi connectivity index (χ3v) is 5.67. The van der Waals surface area contributed by atoms with Gasteiger partial charge >= 0.3 is 0 Å². The van der Waals surface area contributed by atoms with Crippen LogP contribution in [0.1, 0.15) is 37.7 Å². The lowest BCUT2D eigenvalue weighted by Gasteiger charge is -2.28. The van der Waals surface area contributed by atoms with Crippen LogP contribution in [-0.4, -0.2) is 50.8 Å². The summed E-state index contributed by atoms with van der Waals surface area (Å²) in [5, 5.41) is 0. The van der Waals surface area contributed by atoms with Crippen LogP contribution in [0.2, 0.25) is 0 Å². The summed E-state index contributed by atoms with van der Waals surface area (Å²) in [6.07, 6.45) is 6.19. The SMILES string of the molecule is COc1nc(OCCCCC2CCN(C)CC2)c(OC)c(C)c1Br. The number of hydrogen-bond donors (Lipinski definition) is 0. The minimum absolute atomic E-state index is 0.509. The molecule has 0 saturated carbocycles. The van der Waals surface area contributed by atoms with E-state index in [0.29, 0.717) is 24.1 Å². The summed E-state index contributed by atoms with van der Waals surface area (Å²) in [6, 6.07) is 0. The molecule has 1 aliphatic rings. The molecule has 5 nitrogen and oxygen atoms in total. The smallest absolute Gasteiger partial charge is 0.260 e. The van der Waals surface area contributed by atoms with Crippen LogP contribution in [0.3, 0.4) is 0 Å². The van der Waals surface area contributed by atoms with Crippen molar-refractivity contribution in [1.29, 1.82) is 0 Å². The Labute approximate surface area is 153 Å². The number of nitrogens with zero attached hydrogens (tertiary/aromatic N) is 2. The van der Waals surface area contributed by atoms with Crippen LogP contribution >= 0.6 is 15.9 Å². The summed E-state index contributed by atoms with van der Waals surface area (Å²) in [5.74, 6) is 2.57. The van der Waals surface area contributed by atoms with E-state index in [0.717, 1.165) is 22.4 Å². The fraction of sp³-hybridized carbons (Fsp3) is 0.722. The molecule has 1 aromatic rings. The average Bonchev–Trinajstić information content (AvgIpc) is 2.59. The number of hydrogen-bond acceptors (Lipinski definition) is 5. The van der Waals surface area contributed by atoms with Crippen molar-refractivity contribution < 1.29 is 14.2 Å². The molecule has 2 heterocycles. The summed E-state index contributed by atoms with van der Waals surface area (Å²) in [6.45, 7) is 5.08. The standard InChI is InChI=1S/C18H29BrN2O3/c1-13-15(19)17(23-4)20-18(16(13)22-3)24-12-6-5-7-14-8-10-21(2)11-9-14/h14H,5-12H2,1-4H3. The molecule has 1 aliphatic heterocycles. The first-order valence-corrected chi connectivity index (χ1v) is 9.45. The molecule has 6 heteroatoms. The van der Waals surface area contributed by atoms with Crippen LogP contribution in [-0.2, 0) is 0 Å². The second-order valence-electron chi connectivity index (χ2n) is 6.49. The van der Waals surface area contributed by atoms with E-state index in [1.54, 1.807) is 14.2 Å². The quantitative estimate of drug-likeness (QED) is 0.615. The highest BCUT2D eigenvalue weighted by Gasteiger charge is 2.18. The lowest BCUT2D eigenvalue weighted by atomic mass is 9.92. The minimum Gasteiger partial charge on any atom is -0.491 e. The summed E-state index contributed by atoms with van der Waals surface area (Å²) in [5.41, 5.74) is 0.936. The number of unbranched alkanes of at least 4 members (excludes halogenated alkanes) is 1. The van der Waals surface area contributed by atoms with Gasteiger partial charge in [-0.25, -0.2) is 0 Å². The number of halogens is 1. The summed E-state index contributed by atoms with van der Waals surface area (Å²) < 4.78 is 17.4. The first kappa shape index (κ1) is 19.3. The van der Waals surface area contributed by atoms with Gasteiger partial charge in [0.1, 0.15) is 0 Å². The van der Waals surface area contributed by atoms with Crippen molar-refractivity contribution in [1.82, 2.24) is 9.88 Å². The van der Waals surface area contributed by atoms with Gasteiger partial charge < -0.3 is 19.1 Å². The van der Waals surface area contributed by atoms with Gasteiger partial charge in [-0.05, 0) is 74.6 Å². The second kappa shape index (κ2) is 9.47. The molecule has 24 heavy (non-hydrogen) atoms. The van der Waals surface area contributed by atoms with Gasteiger partial charge in [0.05, 0.1) is 25.3 Å². The van der Waals surface area contributed by atoms with E-state index in [4.69, 9.17) is 14.2 Å². The number of aromatic nitrogens is 1. The molecule has 0 spiro atoms. The highest BCUT2D eigenvalue weighted by atomic mass is 79.9. The Hall–Kier alpha value is -1.01. The number of methoxy groups -OCH3 is 2. The lowest BCUT2D eigenvalue weighted by molar-refractivity contribution is 0.205. The molecular weight excluding hydrogens is 372 g/mol. The highest BCUT2D eigenvalue weighted by molar-refractivity contribution is 9.10. The Morgan fingerprint density at radius 1 is 1.12 bits per heavy atom. The molecule has 0 radical (unpaired) electrons. The first-order chi connectivity index (χ1) is 11.6. The third-order valence-electron chi connectivity index (χ3n) is 4.74. The number of pyridine rings is 1. The van der Waals surface area contributed by atoms with Crippen LogP contribution in [0.25, 0.3) is 0 Å². The van der Waals surface area contributed by atoms with Crippen LogP contribution in [0, 0.1) is 12.8 Å². The van der Waals surface area contributed by atoms with Gasteiger partial charge in [-0.15, -0.1) is 0 Å². The van der Waals surface area contributed by atoms with Gasteiger partial charge in [-0.2, -0.15) is 4.98 Å². The summed E-state index contributed by atoms with van der Waals surface area (Å²) >= 11 is 3.48. The van der Waals surface area contributed by atoms with Crippen molar-refractivity contribution in [3.05, 3.63) is 10.0 Å². The molecule has 0 bridgehead atoms. The molecule has 1 aromatic heterocycles. The van der Waals surface area contributed by atoms with Crippen LogP contribution < -0.4 is 14.2 Å². The minimum atomic E-state index is 0.509. The molecule has 1 fully saturated rings. The van der Waals surface area contributed by atoms with Crippen molar-refractivity contribution in [3.8, 4) is 17.5 Å². The Morgan fingerprint density at radius 2 is 1.83 bits per heavy atom. The van der Waals surface area contributed by atoms with E-state index in [-0.39, 0.29) is 0 Å². The fourth-order valence-corrected chi connectivity index (χ4v) is 3.57. The molecule has 0 amide bonds. The number of rotatable bonds is 8. The maximum Gasteiger partial charge on any atom is 0.260 e. The zero-order valence-corrected chi connectivity index (χ0v) is 16.8. The fourth-order valence-electron chi connectivity index (χ4n) is 3.14. The number of ether oxygens (including phenoxy) is 3. The monoisotopic (exact) mass is 400 g/mol. The Morgan fingerprint density at radius 3 is 2.46 bits per heavy atom. The summed E-state index contributed by atoms with van der Waals surface area (Å²) in [4.78, 5) is 6.81. The molecule has 0 unspecified atom stereocenters. The van der Waals surface area contributed by atoms with Crippen LogP contribution in [0.15, 0.2) is 4.47 Å². The Bertz CT molecular complexity index is 531. The normalized spacial score (nSPS) is 16.2. The molecule has 0 atom stereocenters. The summed E-state index contributed by atoms with van der Waals surface area (Å²) in [7, 11) is 5.44. The predicted molar refractivity (Wildman–Crippen MR) is 99.3 cm³/mol. The van der Waals surface area contributed by atoms with Gasteiger partial charge in [0.25, 0.3) is 5.88 Å². The zero-order chi connectivity index (χ0) is 17.5. The maximum atomic E-state index is 5.87. The maximum absolute atomic E-state index is 5.87. The van der Waals surface area contributed by atoms with E-state index in [2.05, 4.69) is 32.9 Å². The van der Waals surface area contributed by atoms with E-state index < -0.39 is 0 Å². The van der Waals surface area contributed by atoms with Gasteiger partial charge in [0.15, 0.2) is 5.75 Å². The van der Waals surface area contributed by atoms with Crippen molar-refractivity contribution in [2.75, 3.05) is 41.0 Å². The van der Waals surface area contributed by atoms with Gasteiger partial charge in [0.2, 0.25) is 5.88 Å². The van der Waals surface area contributed by atoms with Gasteiger partial charge in [-0.1, -0.05) is 6.42 Å². The van der Waals surface area contributed by atoms with Gasteiger partial charge in [-0.3, -0.25) is 0 Å². The van der Waals surface area contributed by atoms with E-state index >= 15 is 0 Å². The molecule has 0 N–H and O–H groups in total. The molecule has 0 aliphatic carbocycles. The molecule has 0 aromatic carbocycles. The van der Waals surface area contributed by atoms with E-state index in [1.165, 1.54) is 38.8 Å². The Kier molecular flexibility index (Phi) is 7.62. The molecular formula is C18H29BrN2O3. The number of likely N-dealkylation sites (tertiary alicyclic amines) is 1. The molecule has 136 valence electrons. The molecule has 1 saturated heterocycles. The Balaban J connectivity index is 1.80. The van der Waals surface area contributed by atoms with E-state index in [9.17, 15) is 0 Å². The van der Waals surface area contributed by atoms with E-state index in [1.807, 2.05) is 6.92 Å². The first-order valence-electron chi connectivity index (χ1n) is 8.66. The highest BCUT2D eigenvalue weighted by Crippen LogP contribution is 2.39. The predicted octanol–water partition coefficient (Wildman–Crippen LogP) is 4.06. The third kappa shape index (κ3) is 4.99. The zero-order valence-electron chi connectivity index (χ0n) is 15.2. The number of piperidine rings is 1. The second-order valence-corrected chi connectivity index (χ2v) is 7.28. The van der Waals surface area contributed by atoms with Crippen LogP contribution in [0.4, 0.5) is 0 Å². The van der Waals surface area contributed by atoms with Crippen molar-refractivity contribution >= 4 is 15.9 Å². The van der Waals surface area contributed by atoms with Gasteiger partial charge in [0, 0.05) is 5.56 Å². The molecule has 2 rings (SSSR count). The van der Waals surface area contributed by atoms with Crippen LogP contribution in [0.5, 0.6) is 17.5 Å². The average molecular weight is 401 g/mol. The topological polar surface area (TPSA) is 43.8 Å². The van der Waals surface area contributed by atoms with Crippen molar-refractivity contribution in [3.63, 3.8) is 0 Å². The largest absolute Gasteiger partial charge is 0.491 e. The van der Waals surface area contributed by atoms with Crippen molar-refractivity contribution in [2.24, 2.45) is 5.92 Å².